The van der Waals surface area contributed by atoms with Crippen LogP contribution in [0.3, 0.4) is 0 Å². The molecule has 1 aromatic rings. The maximum atomic E-state index is 12.2. The lowest BCUT2D eigenvalue weighted by Crippen LogP contribution is -1.97. The topological polar surface area (TPSA) is 50.2 Å². The monoisotopic (exact) mass is 299 g/mol. The number of hydrogen-bond acceptors (Lipinski definition) is 3. The van der Waals surface area contributed by atoms with E-state index in [-0.39, 0.29) is 9.99 Å². The molecule has 1 heterocycles. The normalized spacial score (nSPS) is 10.5. The van der Waals surface area contributed by atoms with Crippen molar-refractivity contribution in [2.24, 2.45) is 0 Å². The second-order valence-corrected chi connectivity index (χ2v) is 3.21. The third-order valence-corrected chi connectivity index (χ3v) is 2.22. The fourth-order valence-electron chi connectivity index (χ4n) is 0.802. The number of halogens is 3. The van der Waals surface area contributed by atoms with E-state index in [9.17, 15) is 18.7 Å². The van der Waals surface area contributed by atoms with Gasteiger partial charge in [-0.25, -0.2) is 13.8 Å². The summed E-state index contributed by atoms with van der Waals surface area (Å²) >= 11 is 1.65. The second-order valence-electron chi connectivity index (χ2n) is 2.19. The van der Waals surface area contributed by atoms with Crippen LogP contribution in [0, 0.1) is 3.70 Å². The van der Waals surface area contributed by atoms with Gasteiger partial charge in [-0.15, -0.1) is 0 Å². The smallest absolute Gasteiger partial charge is 0.266 e. The molecular formula is C7H4F2INO2. The lowest BCUT2D eigenvalue weighted by molar-refractivity contribution is 0.110. The van der Waals surface area contributed by atoms with Gasteiger partial charge in [0.1, 0.15) is 3.70 Å². The largest absolute Gasteiger partial charge is 0.505 e. The highest BCUT2D eigenvalue weighted by Crippen LogP contribution is 2.29. The Morgan fingerprint density at radius 3 is 2.69 bits per heavy atom. The summed E-state index contributed by atoms with van der Waals surface area (Å²) in [7, 11) is 0. The summed E-state index contributed by atoms with van der Waals surface area (Å²) in [6.45, 7) is 0. The number of nitrogens with zero attached hydrogens (tertiary/aromatic N) is 1. The number of rotatable bonds is 2. The zero-order valence-corrected chi connectivity index (χ0v) is 8.33. The van der Waals surface area contributed by atoms with Crippen molar-refractivity contribution in [3.63, 3.8) is 0 Å². The van der Waals surface area contributed by atoms with Crippen LogP contribution in [0.4, 0.5) is 8.78 Å². The number of aldehydes is 1. The van der Waals surface area contributed by atoms with Crippen molar-refractivity contribution in [3.8, 4) is 5.75 Å². The molecule has 0 radical (unpaired) electrons. The number of aromatic nitrogens is 1. The highest BCUT2D eigenvalue weighted by atomic mass is 127. The Balaban J connectivity index is 3.38. The third-order valence-electron chi connectivity index (χ3n) is 1.43. The van der Waals surface area contributed by atoms with Crippen molar-refractivity contribution in [1.29, 1.82) is 0 Å². The molecule has 0 aromatic carbocycles. The molecule has 0 aliphatic carbocycles. The molecule has 0 atom stereocenters. The van der Waals surface area contributed by atoms with E-state index in [2.05, 4.69) is 4.98 Å². The average molecular weight is 299 g/mol. The summed E-state index contributed by atoms with van der Waals surface area (Å²) in [5.74, 6) is -0.492. The third kappa shape index (κ3) is 1.93. The molecule has 70 valence electrons. The van der Waals surface area contributed by atoms with E-state index in [4.69, 9.17) is 0 Å². The van der Waals surface area contributed by atoms with Crippen LogP contribution in [0.2, 0.25) is 0 Å². The average Bonchev–Trinajstić information content (AvgIpc) is 2.09. The van der Waals surface area contributed by atoms with Crippen LogP contribution in [-0.2, 0) is 0 Å². The molecule has 3 nitrogen and oxygen atoms in total. The van der Waals surface area contributed by atoms with Crippen LogP contribution in [-0.4, -0.2) is 16.4 Å². The van der Waals surface area contributed by atoms with Gasteiger partial charge in [-0.05, 0) is 22.6 Å². The van der Waals surface area contributed by atoms with Gasteiger partial charge in [0.15, 0.2) is 12.0 Å². The summed E-state index contributed by atoms with van der Waals surface area (Å²) in [6.07, 6.45) is -1.73. The fraction of sp³-hybridized carbons (Fsp3) is 0.143. The Kier molecular flexibility index (Phi) is 3.12. The van der Waals surface area contributed by atoms with Crippen LogP contribution in [0.25, 0.3) is 0 Å². The zero-order chi connectivity index (χ0) is 10.0. The minimum absolute atomic E-state index is 0.129. The minimum atomic E-state index is -2.81. The SMILES string of the molecule is O=Cc1c(C(F)F)cnc(I)c1O. The molecule has 13 heavy (non-hydrogen) atoms. The maximum absolute atomic E-state index is 12.2. The van der Waals surface area contributed by atoms with Crippen molar-refractivity contribution < 1.29 is 18.7 Å². The van der Waals surface area contributed by atoms with Crippen LogP contribution in [0.1, 0.15) is 22.3 Å². The first-order chi connectivity index (χ1) is 6.07. The van der Waals surface area contributed by atoms with Crippen LogP contribution < -0.4 is 0 Å². The highest BCUT2D eigenvalue weighted by Gasteiger charge is 2.18. The summed E-state index contributed by atoms with van der Waals surface area (Å²) in [6, 6.07) is 0. The Hall–Kier alpha value is -0.790. The standard InChI is InChI=1S/C7H4F2INO2/c8-6(9)3-1-11-7(10)5(13)4(3)2-12/h1-2,6,13H. The van der Waals surface area contributed by atoms with Crippen LogP contribution in [0.15, 0.2) is 6.20 Å². The first-order valence-corrected chi connectivity index (χ1v) is 4.26. The van der Waals surface area contributed by atoms with Gasteiger partial charge >= 0.3 is 0 Å². The molecule has 1 rings (SSSR count). The van der Waals surface area contributed by atoms with Crippen molar-refractivity contribution in [3.05, 3.63) is 21.0 Å². The quantitative estimate of drug-likeness (QED) is 0.517. The van der Waals surface area contributed by atoms with Crippen molar-refractivity contribution in [1.82, 2.24) is 4.98 Å². The molecule has 0 aliphatic heterocycles. The highest BCUT2D eigenvalue weighted by molar-refractivity contribution is 14.1. The van der Waals surface area contributed by atoms with E-state index in [1.165, 1.54) is 0 Å². The van der Waals surface area contributed by atoms with E-state index < -0.39 is 23.3 Å². The Bertz CT molecular complexity index is 344. The molecule has 0 amide bonds. The predicted octanol–water partition coefficient (Wildman–Crippen LogP) is 2.14. The number of aromatic hydroxyl groups is 1. The van der Waals surface area contributed by atoms with Gasteiger partial charge in [0.05, 0.1) is 11.1 Å². The molecule has 0 saturated heterocycles. The molecule has 0 aliphatic rings. The molecule has 0 saturated carbocycles. The van der Waals surface area contributed by atoms with E-state index in [1.54, 1.807) is 22.6 Å². The Morgan fingerprint density at radius 1 is 1.62 bits per heavy atom. The van der Waals surface area contributed by atoms with Crippen LogP contribution in [0.5, 0.6) is 5.75 Å². The maximum Gasteiger partial charge on any atom is 0.266 e. The minimum Gasteiger partial charge on any atom is -0.505 e. The van der Waals surface area contributed by atoms with Gasteiger partial charge in [-0.2, -0.15) is 0 Å². The number of carbonyl (C=O) groups excluding carboxylic acids is 1. The van der Waals surface area contributed by atoms with Gasteiger partial charge in [0.25, 0.3) is 6.43 Å². The van der Waals surface area contributed by atoms with E-state index >= 15 is 0 Å². The molecule has 0 spiro atoms. The summed E-state index contributed by atoms with van der Waals surface area (Å²) in [4.78, 5) is 13.9. The molecule has 1 N–H and O–H groups in total. The summed E-state index contributed by atoms with van der Waals surface area (Å²) in [5.41, 5.74) is -0.942. The first-order valence-electron chi connectivity index (χ1n) is 3.18. The van der Waals surface area contributed by atoms with Crippen molar-refractivity contribution in [2.75, 3.05) is 0 Å². The Labute approximate surface area is 85.9 Å². The van der Waals surface area contributed by atoms with E-state index in [1.807, 2.05) is 0 Å². The number of pyridine rings is 1. The molecule has 6 heteroatoms. The number of hydrogen-bond donors (Lipinski definition) is 1. The van der Waals surface area contributed by atoms with Gasteiger partial charge in [0, 0.05) is 6.20 Å². The van der Waals surface area contributed by atoms with Gasteiger partial charge in [-0.1, -0.05) is 0 Å². The Morgan fingerprint density at radius 2 is 2.23 bits per heavy atom. The molecule has 0 bridgehead atoms. The van der Waals surface area contributed by atoms with E-state index in [0.29, 0.717) is 0 Å². The molecule has 1 aromatic heterocycles. The molecule has 0 unspecified atom stereocenters. The molecular weight excluding hydrogens is 295 g/mol. The second kappa shape index (κ2) is 3.95. The number of carbonyl (C=O) groups is 1. The lowest BCUT2D eigenvalue weighted by atomic mass is 10.1. The first kappa shape index (κ1) is 10.3. The van der Waals surface area contributed by atoms with E-state index in [0.717, 1.165) is 6.20 Å². The van der Waals surface area contributed by atoms with Gasteiger partial charge in [0.2, 0.25) is 0 Å². The van der Waals surface area contributed by atoms with Crippen LogP contribution >= 0.6 is 22.6 Å². The van der Waals surface area contributed by atoms with Gasteiger partial charge < -0.3 is 5.11 Å². The van der Waals surface area contributed by atoms with Crippen molar-refractivity contribution >= 4 is 28.9 Å². The predicted molar refractivity (Wildman–Crippen MR) is 49.0 cm³/mol. The van der Waals surface area contributed by atoms with Crippen molar-refractivity contribution in [2.45, 2.75) is 6.43 Å². The molecule has 0 fully saturated rings. The summed E-state index contributed by atoms with van der Waals surface area (Å²) < 4.78 is 24.6. The zero-order valence-electron chi connectivity index (χ0n) is 6.17. The summed E-state index contributed by atoms with van der Waals surface area (Å²) in [5, 5.41) is 9.19. The van der Waals surface area contributed by atoms with Gasteiger partial charge in [-0.3, -0.25) is 4.79 Å². The number of alkyl halides is 2. The lowest BCUT2D eigenvalue weighted by Gasteiger charge is -2.05. The fourth-order valence-corrected chi connectivity index (χ4v) is 1.23.